The Hall–Kier alpha value is -1.64. The van der Waals surface area contributed by atoms with Gasteiger partial charge in [0.1, 0.15) is 5.78 Å². The normalized spacial score (nSPS) is 36.9. The molecule has 0 aliphatic heterocycles. The van der Waals surface area contributed by atoms with E-state index < -0.39 is 0 Å². The van der Waals surface area contributed by atoms with Crippen LogP contribution in [0.3, 0.4) is 0 Å². The monoisotopic (exact) mass is 283 g/mol. The molecule has 5 atom stereocenters. The van der Waals surface area contributed by atoms with Crippen LogP contribution in [-0.4, -0.2) is 17.9 Å². The van der Waals surface area contributed by atoms with Crippen LogP contribution in [0.2, 0.25) is 0 Å². The molecule has 5 unspecified atom stereocenters. The average Bonchev–Trinajstić information content (AvgIpc) is 3.08. The quantitative estimate of drug-likeness (QED) is 0.782. The van der Waals surface area contributed by atoms with E-state index in [0.29, 0.717) is 47.7 Å². The molecule has 3 heteroatoms. The summed E-state index contributed by atoms with van der Waals surface area (Å²) in [7, 11) is 1.64. The van der Waals surface area contributed by atoms with Gasteiger partial charge in [-0.1, -0.05) is 18.2 Å². The van der Waals surface area contributed by atoms with E-state index in [2.05, 4.69) is 23.2 Å². The highest BCUT2D eigenvalue weighted by Gasteiger charge is 2.51. The highest BCUT2D eigenvalue weighted by atomic mass is 16.5. The van der Waals surface area contributed by atoms with Gasteiger partial charge in [0, 0.05) is 24.1 Å². The second-order valence-electron chi connectivity index (χ2n) is 6.77. The number of ketones is 1. The molecule has 0 spiro atoms. The number of nitrogens with zero attached hydrogens (tertiary/aromatic N) is 1. The lowest BCUT2D eigenvalue weighted by Gasteiger charge is -2.36. The Kier molecular flexibility index (Phi) is 2.91. The Morgan fingerprint density at radius 2 is 2.00 bits per heavy atom. The zero-order chi connectivity index (χ0) is 14.6. The van der Waals surface area contributed by atoms with Crippen LogP contribution >= 0.6 is 0 Å². The number of carbonyl (C=O) groups excluding carboxylic acids is 1. The predicted molar refractivity (Wildman–Crippen MR) is 80.2 cm³/mol. The summed E-state index contributed by atoms with van der Waals surface area (Å²) >= 11 is 0. The van der Waals surface area contributed by atoms with Gasteiger partial charge in [-0.2, -0.15) is 0 Å². The molecular formula is C18H21NO2. The van der Waals surface area contributed by atoms with Gasteiger partial charge in [-0.25, -0.2) is 4.98 Å². The van der Waals surface area contributed by atoms with Crippen LogP contribution in [0.5, 0.6) is 5.88 Å². The number of Topliss-reactive ketones (excluding diaryl/α,β-unsaturated/α-hetero) is 1. The Bertz CT molecular complexity index is 622. The number of methoxy groups -OCH3 is 1. The Labute approximate surface area is 125 Å². The minimum absolute atomic E-state index is 0.308. The highest BCUT2D eigenvalue weighted by Crippen LogP contribution is 2.55. The van der Waals surface area contributed by atoms with E-state index in [1.165, 1.54) is 12.0 Å². The summed E-state index contributed by atoms with van der Waals surface area (Å²) in [6, 6.07) is 4.02. The molecule has 1 aromatic heterocycles. The molecule has 2 fully saturated rings. The Balaban J connectivity index is 1.63. The second-order valence-corrected chi connectivity index (χ2v) is 6.77. The molecule has 0 radical (unpaired) electrons. The van der Waals surface area contributed by atoms with E-state index >= 15 is 0 Å². The van der Waals surface area contributed by atoms with Crippen molar-refractivity contribution in [3.05, 3.63) is 35.5 Å². The number of hydrogen-bond donors (Lipinski definition) is 0. The van der Waals surface area contributed by atoms with Gasteiger partial charge >= 0.3 is 0 Å². The van der Waals surface area contributed by atoms with Crippen LogP contribution in [0, 0.1) is 30.6 Å². The van der Waals surface area contributed by atoms with E-state index in [0.717, 1.165) is 12.1 Å². The summed E-state index contributed by atoms with van der Waals surface area (Å²) in [5.41, 5.74) is 2.23. The average molecular weight is 283 g/mol. The van der Waals surface area contributed by atoms with E-state index in [9.17, 15) is 4.79 Å². The fourth-order valence-corrected chi connectivity index (χ4v) is 4.85. The third-order valence-corrected chi connectivity index (χ3v) is 5.75. The first kappa shape index (κ1) is 13.1. The molecule has 3 nitrogen and oxygen atoms in total. The molecule has 0 saturated heterocycles. The van der Waals surface area contributed by atoms with Crippen molar-refractivity contribution in [2.75, 3.05) is 7.11 Å². The maximum atomic E-state index is 12.6. The van der Waals surface area contributed by atoms with Crippen molar-refractivity contribution in [1.29, 1.82) is 0 Å². The number of ether oxygens (including phenoxy) is 1. The lowest BCUT2D eigenvalue weighted by molar-refractivity contribution is -0.127. The molecule has 2 saturated carbocycles. The number of aromatic nitrogens is 1. The largest absolute Gasteiger partial charge is 0.481 e. The van der Waals surface area contributed by atoms with Gasteiger partial charge in [-0.3, -0.25) is 4.79 Å². The zero-order valence-corrected chi connectivity index (χ0v) is 12.6. The fourth-order valence-electron chi connectivity index (χ4n) is 4.85. The summed E-state index contributed by atoms with van der Waals surface area (Å²) in [6.07, 6.45) is 7.66. The lowest BCUT2D eigenvalue weighted by Crippen LogP contribution is -2.35. The van der Waals surface area contributed by atoms with Gasteiger partial charge < -0.3 is 4.74 Å². The van der Waals surface area contributed by atoms with Gasteiger partial charge in [0.05, 0.1) is 7.11 Å². The number of pyridine rings is 1. The fraction of sp³-hybridized carbons (Fsp3) is 0.556. The third kappa shape index (κ3) is 1.94. The first-order chi connectivity index (χ1) is 10.2. The molecule has 1 heterocycles. The highest BCUT2D eigenvalue weighted by molar-refractivity contribution is 5.84. The van der Waals surface area contributed by atoms with E-state index in [-0.39, 0.29) is 0 Å². The second kappa shape index (κ2) is 4.69. The predicted octanol–water partition coefficient (Wildman–Crippen LogP) is 3.28. The molecular weight excluding hydrogens is 262 g/mol. The summed E-state index contributed by atoms with van der Waals surface area (Å²) in [5, 5.41) is 0. The standard InChI is InChI=1S/C18H21NO2/c1-10-14(5-6-17(19-10)21-2)13-8-15-11-3-4-12(7-11)18(15)16(20)9-13/h3-6,11-13,15,18H,7-9H2,1-2H3. The molecule has 1 aromatic rings. The van der Waals surface area contributed by atoms with E-state index in [1.807, 2.05) is 13.0 Å². The van der Waals surface area contributed by atoms with Crippen LogP contribution in [0.4, 0.5) is 0 Å². The van der Waals surface area contributed by atoms with Crippen LogP contribution in [0.25, 0.3) is 0 Å². The van der Waals surface area contributed by atoms with E-state index in [1.54, 1.807) is 7.11 Å². The van der Waals surface area contributed by atoms with Crippen molar-refractivity contribution in [3.8, 4) is 5.88 Å². The molecule has 4 rings (SSSR count). The third-order valence-electron chi connectivity index (χ3n) is 5.75. The van der Waals surface area contributed by atoms with E-state index in [4.69, 9.17) is 4.74 Å². The molecule has 0 amide bonds. The smallest absolute Gasteiger partial charge is 0.213 e. The van der Waals surface area contributed by atoms with Crippen LogP contribution < -0.4 is 4.74 Å². The number of hydrogen-bond acceptors (Lipinski definition) is 3. The first-order valence-electron chi connectivity index (χ1n) is 7.90. The molecule has 2 bridgehead atoms. The van der Waals surface area contributed by atoms with Crippen molar-refractivity contribution >= 4 is 5.78 Å². The molecule has 3 aliphatic carbocycles. The number of rotatable bonds is 2. The first-order valence-corrected chi connectivity index (χ1v) is 7.90. The molecule has 0 N–H and O–H groups in total. The minimum Gasteiger partial charge on any atom is -0.481 e. The molecule has 0 aromatic carbocycles. The topological polar surface area (TPSA) is 39.2 Å². The number of fused-ring (bicyclic) bond motifs is 5. The van der Waals surface area contributed by atoms with Crippen molar-refractivity contribution in [2.24, 2.45) is 23.7 Å². The maximum absolute atomic E-state index is 12.6. The van der Waals surface area contributed by atoms with Gasteiger partial charge in [0.2, 0.25) is 5.88 Å². The van der Waals surface area contributed by atoms with Gasteiger partial charge in [0.15, 0.2) is 0 Å². The summed E-state index contributed by atoms with van der Waals surface area (Å²) in [5.74, 6) is 3.50. The Morgan fingerprint density at radius 1 is 1.19 bits per heavy atom. The van der Waals surface area contributed by atoms with Crippen molar-refractivity contribution in [1.82, 2.24) is 4.98 Å². The SMILES string of the molecule is COc1ccc(C2CC(=O)C3C4C=CC(C4)C3C2)c(C)n1. The summed E-state index contributed by atoms with van der Waals surface area (Å²) in [6.45, 7) is 2.02. The maximum Gasteiger partial charge on any atom is 0.213 e. The molecule has 110 valence electrons. The van der Waals surface area contributed by atoms with Gasteiger partial charge in [0.25, 0.3) is 0 Å². The lowest BCUT2D eigenvalue weighted by atomic mass is 9.67. The van der Waals surface area contributed by atoms with Gasteiger partial charge in [-0.15, -0.1) is 0 Å². The molecule has 21 heavy (non-hydrogen) atoms. The Morgan fingerprint density at radius 3 is 2.76 bits per heavy atom. The van der Waals surface area contributed by atoms with Gasteiger partial charge in [-0.05, 0) is 49.0 Å². The number of carbonyl (C=O) groups is 1. The zero-order valence-electron chi connectivity index (χ0n) is 12.6. The molecule has 3 aliphatic rings. The minimum atomic E-state index is 0.308. The van der Waals surface area contributed by atoms with Crippen molar-refractivity contribution < 1.29 is 9.53 Å². The summed E-state index contributed by atoms with van der Waals surface area (Å²) in [4.78, 5) is 17.1. The van der Waals surface area contributed by atoms with Crippen LogP contribution in [0.15, 0.2) is 24.3 Å². The number of aryl methyl sites for hydroxylation is 1. The van der Waals surface area contributed by atoms with Crippen molar-refractivity contribution in [3.63, 3.8) is 0 Å². The van der Waals surface area contributed by atoms with Crippen LogP contribution in [0.1, 0.15) is 36.4 Å². The van der Waals surface area contributed by atoms with Crippen LogP contribution in [-0.2, 0) is 4.79 Å². The number of allylic oxidation sites excluding steroid dienone is 2. The summed E-state index contributed by atoms with van der Waals surface area (Å²) < 4.78 is 5.18. The van der Waals surface area contributed by atoms with Crippen molar-refractivity contribution in [2.45, 2.75) is 32.1 Å².